The number of carbonyl (C=O) groups excluding carboxylic acids is 1. The lowest BCUT2D eigenvalue weighted by Crippen LogP contribution is -2.25. The molecule has 1 aromatic heterocycles. The third-order valence-corrected chi connectivity index (χ3v) is 6.51. The summed E-state index contributed by atoms with van der Waals surface area (Å²) in [4.78, 5) is 27.6. The van der Waals surface area contributed by atoms with E-state index < -0.39 is 12.3 Å². The predicted molar refractivity (Wildman–Crippen MR) is 144 cm³/mol. The molecule has 6 nitrogen and oxygen atoms in total. The molecule has 0 saturated carbocycles. The molecule has 0 unspecified atom stereocenters. The van der Waals surface area contributed by atoms with E-state index in [2.05, 4.69) is 10.1 Å². The number of nitrogens with zero attached hydrogens (tertiary/aromatic N) is 1. The Morgan fingerprint density at radius 1 is 0.974 bits per heavy atom. The van der Waals surface area contributed by atoms with Crippen LogP contribution in [0.4, 0.5) is 13.2 Å². The number of halogens is 4. The molecule has 39 heavy (non-hydrogen) atoms. The zero-order valence-electron chi connectivity index (χ0n) is 20.0. The third kappa shape index (κ3) is 7.92. The Labute approximate surface area is 230 Å². The Hall–Kier alpha value is -4.15. The summed E-state index contributed by atoms with van der Waals surface area (Å²) < 4.78 is 41.4. The second kappa shape index (κ2) is 12.1. The standard InChI is InChI=1S/C28H20ClF3N2O4S/c29-21-9-5-18(6-10-21)23(15-17-1-3-20(4-2-17)26(37)33-14-13-25(35)36)27-34-24(16-39-27)19-7-11-22(12-8-19)38-28(30,31)32/h1-12,15-16H,13-14H2,(H,33,37)(H,35,36)/b23-15+. The largest absolute Gasteiger partial charge is 0.573 e. The number of nitrogens with one attached hydrogen (secondary N) is 1. The lowest BCUT2D eigenvalue weighted by Gasteiger charge is -2.09. The number of alkyl halides is 3. The van der Waals surface area contributed by atoms with E-state index in [1.54, 1.807) is 36.4 Å². The van der Waals surface area contributed by atoms with Crippen molar-refractivity contribution in [3.63, 3.8) is 0 Å². The van der Waals surface area contributed by atoms with Gasteiger partial charge in [-0.1, -0.05) is 35.9 Å². The fraction of sp³-hybridized carbons (Fsp3) is 0.107. The number of rotatable bonds is 9. The number of aromatic nitrogens is 1. The van der Waals surface area contributed by atoms with Crippen molar-refractivity contribution in [2.45, 2.75) is 12.8 Å². The molecular formula is C28H20ClF3N2O4S. The summed E-state index contributed by atoms with van der Waals surface area (Å²) in [6.07, 6.45) is -3.04. The smallest absolute Gasteiger partial charge is 0.481 e. The Morgan fingerprint density at radius 2 is 1.62 bits per heavy atom. The number of amides is 1. The Bertz CT molecular complexity index is 1480. The third-order valence-electron chi connectivity index (χ3n) is 5.38. The predicted octanol–water partition coefficient (Wildman–Crippen LogP) is 7.16. The van der Waals surface area contributed by atoms with E-state index in [4.69, 9.17) is 21.7 Å². The Kier molecular flexibility index (Phi) is 8.68. The van der Waals surface area contributed by atoms with E-state index in [-0.39, 0.29) is 24.6 Å². The van der Waals surface area contributed by atoms with Crippen LogP contribution in [0.1, 0.15) is 32.9 Å². The average Bonchev–Trinajstić information content (AvgIpc) is 3.37. The normalized spacial score (nSPS) is 11.7. The van der Waals surface area contributed by atoms with Gasteiger partial charge >= 0.3 is 12.3 Å². The van der Waals surface area contributed by atoms with E-state index in [0.717, 1.165) is 16.7 Å². The highest BCUT2D eigenvalue weighted by Gasteiger charge is 2.31. The van der Waals surface area contributed by atoms with E-state index in [0.29, 0.717) is 26.9 Å². The molecule has 0 aliphatic rings. The van der Waals surface area contributed by atoms with Crippen molar-refractivity contribution in [1.82, 2.24) is 10.3 Å². The second-order valence-corrected chi connectivity index (χ2v) is 9.49. The van der Waals surface area contributed by atoms with Crippen LogP contribution in [0.3, 0.4) is 0 Å². The van der Waals surface area contributed by atoms with Gasteiger partial charge in [0, 0.05) is 33.6 Å². The number of carboxylic acids is 1. The lowest BCUT2D eigenvalue weighted by molar-refractivity contribution is -0.274. The Balaban J connectivity index is 1.60. The first-order valence-electron chi connectivity index (χ1n) is 11.5. The molecule has 0 aliphatic heterocycles. The first-order valence-corrected chi connectivity index (χ1v) is 12.7. The van der Waals surface area contributed by atoms with E-state index in [1.165, 1.54) is 35.6 Å². The molecule has 200 valence electrons. The van der Waals surface area contributed by atoms with Gasteiger partial charge in [0.15, 0.2) is 0 Å². The first kappa shape index (κ1) is 27.9. The molecule has 2 N–H and O–H groups in total. The van der Waals surface area contributed by atoms with Crippen molar-refractivity contribution in [1.29, 1.82) is 0 Å². The molecule has 1 heterocycles. The summed E-state index contributed by atoms with van der Waals surface area (Å²) in [7, 11) is 0. The van der Waals surface area contributed by atoms with Crippen LogP contribution < -0.4 is 10.1 Å². The van der Waals surface area contributed by atoms with Gasteiger partial charge in [0.2, 0.25) is 0 Å². The highest BCUT2D eigenvalue weighted by Crippen LogP contribution is 2.33. The molecule has 0 saturated heterocycles. The summed E-state index contributed by atoms with van der Waals surface area (Å²) in [6, 6.07) is 19.5. The molecule has 0 fully saturated rings. The monoisotopic (exact) mass is 572 g/mol. The van der Waals surface area contributed by atoms with Crippen molar-refractivity contribution in [3.8, 4) is 17.0 Å². The number of hydrogen-bond acceptors (Lipinski definition) is 5. The highest BCUT2D eigenvalue weighted by molar-refractivity contribution is 7.11. The molecule has 0 aliphatic carbocycles. The maximum atomic E-state index is 12.5. The van der Waals surface area contributed by atoms with Crippen LogP contribution >= 0.6 is 22.9 Å². The molecule has 0 atom stereocenters. The molecule has 1 amide bonds. The van der Waals surface area contributed by atoms with Crippen molar-refractivity contribution in [3.05, 3.63) is 105 Å². The van der Waals surface area contributed by atoms with E-state index in [9.17, 15) is 22.8 Å². The van der Waals surface area contributed by atoms with Crippen molar-refractivity contribution >= 4 is 46.5 Å². The van der Waals surface area contributed by atoms with Crippen LogP contribution in [0.15, 0.2) is 78.2 Å². The topological polar surface area (TPSA) is 88.5 Å². The Morgan fingerprint density at radius 3 is 2.23 bits per heavy atom. The molecular weight excluding hydrogens is 553 g/mol. The van der Waals surface area contributed by atoms with Crippen LogP contribution in [0.2, 0.25) is 5.02 Å². The minimum Gasteiger partial charge on any atom is -0.481 e. The minimum absolute atomic E-state index is 0.0288. The van der Waals surface area contributed by atoms with Crippen LogP contribution in [-0.2, 0) is 4.79 Å². The second-order valence-electron chi connectivity index (χ2n) is 8.20. The maximum absolute atomic E-state index is 12.5. The van der Waals surface area contributed by atoms with E-state index in [1.807, 2.05) is 23.6 Å². The van der Waals surface area contributed by atoms with Gasteiger partial charge in [0.05, 0.1) is 12.1 Å². The van der Waals surface area contributed by atoms with Gasteiger partial charge in [0.25, 0.3) is 5.91 Å². The zero-order valence-corrected chi connectivity index (χ0v) is 21.6. The maximum Gasteiger partial charge on any atom is 0.573 e. The van der Waals surface area contributed by atoms with Gasteiger partial charge < -0.3 is 15.2 Å². The fourth-order valence-electron chi connectivity index (χ4n) is 3.54. The van der Waals surface area contributed by atoms with Gasteiger partial charge in [-0.3, -0.25) is 9.59 Å². The van der Waals surface area contributed by atoms with Crippen molar-refractivity contribution in [2.24, 2.45) is 0 Å². The van der Waals surface area contributed by atoms with E-state index >= 15 is 0 Å². The lowest BCUT2D eigenvalue weighted by atomic mass is 10.0. The number of ether oxygens (including phenoxy) is 1. The average molecular weight is 573 g/mol. The number of aliphatic carboxylic acids is 1. The zero-order chi connectivity index (χ0) is 28.0. The van der Waals surface area contributed by atoms with Crippen LogP contribution in [0.25, 0.3) is 22.9 Å². The number of carbonyl (C=O) groups is 2. The van der Waals surface area contributed by atoms with Gasteiger partial charge in [-0.2, -0.15) is 0 Å². The van der Waals surface area contributed by atoms with Gasteiger partial charge in [-0.25, -0.2) is 4.98 Å². The fourth-order valence-corrected chi connectivity index (χ4v) is 4.53. The molecule has 0 radical (unpaired) electrons. The minimum atomic E-state index is -4.77. The molecule has 4 aromatic rings. The van der Waals surface area contributed by atoms with Gasteiger partial charge in [-0.15, -0.1) is 24.5 Å². The number of thiazole rings is 1. The molecule has 3 aromatic carbocycles. The van der Waals surface area contributed by atoms with Gasteiger partial charge in [0.1, 0.15) is 10.8 Å². The van der Waals surface area contributed by atoms with Crippen LogP contribution in [-0.4, -0.2) is 34.9 Å². The van der Waals surface area contributed by atoms with Crippen LogP contribution in [0.5, 0.6) is 5.75 Å². The van der Waals surface area contributed by atoms with Crippen molar-refractivity contribution in [2.75, 3.05) is 6.54 Å². The quantitative estimate of drug-likeness (QED) is 0.208. The summed E-state index contributed by atoms with van der Waals surface area (Å²) in [5.41, 5.74) is 4.00. The molecule has 0 bridgehead atoms. The summed E-state index contributed by atoms with van der Waals surface area (Å²) in [5.74, 6) is -1.69. The summed E-state index contributed by atoms with van der Waals surface area (Å²) in [6.45, 7) is 0.0288. The highest BCUT2D eigenvalue weighted by atomic mass is 35.5. The summed E-state index contributed by atoms with van der Waals surface area (Å²) >= 11 is 7.45. The number of benzene rings is 3. The van der Waals surface area contributed by atoms with Gasteiger partial charge in [-0.05, 0) is 65.7 Å². The van der Waals surface area contributed by atoms with Crippen molar-refractivity contribution < 1.29 is 32.6 Å². The SMILES string of the molecule is O=C(O)CCNC(=O)c1ccc(/C=C(\c2ccc(Cl)cc2)c2nc(-c3ccc(OC(F)(F)F)cc3)cs2)cc1. The first-order chi connectivity index (χ1) is 18.6. The molecule has 0 spiro atoms. The number of carboxylic acid groups (broad SMARTS) is 1. The molecule has 4 rings (SSSR count). The number of hydrogen-bond donors (Lipinski definition) is 2. The van der Waals surface area contributed by atoms with Crippen LogP contribution in [0, 0.1) is 0 Å². The summed E-state index contributed by atoms with van der Waals surface area (Å²) in [5, 5.41) is 14.3. The molecule has 11 heteroatoms.